The van der Waals surface area contributed by atoms with E-state index in [1.54, 1.807) is 0 Å². The number of aliphatic carboxylic acids is 1. The lowest BCUT2D eigenvalue weighted by Crippen LogP contribution is -2.44. The van der Waals surface area contributed by atoms with Crippen molar-refractivity contribution in [2.45, 2.75) is 139 Å². The van der Waals surface area contributed by atoms with Gasteiger partial charge in [-0.05, 0) is 99.4 Å². The Morgan fingerprint density at radius 2 is 1.52 bits per heavy atom. The third kappa shape index (κ3) is 15.8. The zero-order valence-electron chi connectivity index (χ0n) is 50.4. The van der Waals surface area contributed by atoms with Crippen molar-refractivity contribution < 1.29 is 109 Å². The summed E-state index contributed by atoms with van der Waals surface area (Å²) in [5.74, 6) is -17.9. The van der Waals surface area contributed by atoms with Gasteiger partial charge >= 0.3 is 26.1 Å². The lowest BCUT2D eigenvalue weighted by Gasteiger charge is -2.31. The van der Waals surface area contributed by atoms with Crippen molar-refractivity contribution in [1.29, 1.82) is 0 Å². The number of anilines is 1. The highest BCUT2D eigenvalue weighted by Crippen LogP contribution is 2.68. The van der Waals surface area contributed by atoms with Crippen LogP contribution in [0, 0.1) is 24.5 Å². The number of rotatable bonds is 25. The van der Waals surface area contributed by atoms with E-state index in [9.17, 15) is 68.6 Å². The smallest absolute Gasteiger partial charge is 0.480 e. The Kier molecular flexibility index (Phi) is 19.5. The molecule has 4 amide bonds. The molecule has 2 aliphatic carbocycles. The first kappa shape index (κ1) is 72.1. The number of sulfonamides is 1. The number of primary amides is 1. The van der Waals surface area contributed by atoms with Crippen LogP contribution in [0.1, 0.15) is 116 Å². The third-order valence-electron chi connectivity index (χ3n) is 15.9. The van der Waals surface area contributed by atoms with Crippen molar-refractivity contribution >= 4 is 85.6 Å². The number of hydrogen-bond donors (Lipinski definition) is 6. The molecule has 1 fully saturated rings. The summed E-state index contributed by atoms with van der Waals surface area (Å²) in [6.07, 6.45) is -13.7. The fraction of sp³-hybridized carbons (Fsp3) is 0.439. The predicted molar refractivity (Wildman–Crippen MR) is 315 cm³/mol. The Labute approximate surface area is 533 Å². The fourth-order valence-corrected chi connectivity index (χ4v) is 13.6. The highest BCUT2D eigenvalue weighted by molar-refractivity contribution is 7.93. The minimum atomic E-state index is -5.58. The summed E-state index contributed by atoms with van der Waals surface area (Å²) in [6, 6.07) is 5.02. The first-order valence-electron chi connectivity index (χ1n) is 28.0. The number of sulfone groups is 1. The molecule has 7 N–H and O–H groups in total. The van der Waals surface area contributed by atoms with Crippen LogP contribution in [-0.4, -0.2) is 115 Å². The predicted octanol–water partition coefficient (Wildman–Crippen LogP) is 8.30. The van der Waals surface area contributed by atoms with E-state index in [2.05, 4.69) is 20.8 Å². The van der Waals surface area contributed by atoms with Crippen LogP contribution < -0.4 is 25.2 Å². The van der Waals surface area contributed by atoms with Gasteiger partial charge in [0.1, 0.15) is 42.2 Å². The standard InChI is InChI=1S/C57H59ClF10N9O14PS2/c1-26-14-28(19-41(79)72-38(52(82)83)22-40(69)78)46(39(15-26)91-92(84,85)86)53(2,3)23-43(81)77(94(7,89)90)51-45-36(58)11-10-33(48(45)76(74-51)25-55(61,62)63)32-9-8-31(12-13-54(4,5)93(6,87)88)70-47(32)37(18-27-16-29(59)20-30(60)17-27)71-42(80)24-75-50-44(49(73-75)57(66,67)68)34-21-35(34)56(50,64)65/h8-11,14-17,20,34-35,37-38H,12-13,18-19,21-25H2,1-7H3,(H2,69,78)(H,71,80)(H,72,79)(H,82,83)(H2,84,85,86)/t34-,35?,37-,38-/m0/s1. The molecule has 510 valence electrons. The SMILES string of the molecule is Cc1cc(CC(=O)N[C@@H](CC(N)=O)C(=O)O)c(C(C)(C)CC(=O)N(c2nn(CC(F)(F)F)c3c(-c4ccc(CCC(C)(C)S(C)(=O)=O)nc4[C@H](Cc4cc(F)cc(F)c4)NC(=O)Cn4nc(C(F)(F)F)c5c4C(F)(F)C4C[C@H]54)ccc(Cl)c23)S(C)(=O)=O)c(OP(=O)(O)O)c1. The number of carbonyl (C=O) groups is 5. The lowest BCUT2D eigenvalue weighted by molar-refractivity contribution is -0.143. The number of hydrogen-bond acceptors (Lipinski definition) is 14. The number of fused-ring (bicyclic) bond motifs is 4. The first-order chi connectivity index (χ1) is 43.0. The molecule has 37 heteroatoms. The van der Waals surface area contributed by atoms with Crippen LogP contribution >= 0.6 is 19.4 Å². The molecule has 3 heterocycles. The van der Waals surface area contributed by atoms with Crippen molar-refractivity contribution in [3.8, 4) is 16.9 Å². The summed E-state index contributed by atoms with van der Waals surface area (Å²) >= 11 is 6.83. The molecule has 6 aromatic rings. The van der Waals surface area contributed by atoms with Crippen molar-refractivity contribution in [1.82, 2.24) is 35.2 Å². The average Bonchev–Trinajstić information content (AvgIpc) is 1.52. The molecule has 1 saturated carbocycles. The zero-order chi connectivity index (χ0) is 70.3. The van der Waals surface area contributed by atoms with Crippen LogP contribution in [0.5, 0.6) is 5.75 Å². The molecule has 0 spiro atoms. The van der Waals surface area contributed by atoms with E-state index in [1.165, 1.54) is 52.8 Å². The quantitative estimate of drug-likeness (QED) is 0.0232. The van der Waals surface area contributed by atoms with Gasteiger partial charge in [0.25, 0.3) is 5.92 Å². The molecule has 8 rings (SSSR count). The summed E-state index contributed by atoms with van der Waals surface area (Å²) in [5.41, 5.74) is -3.45. The van der Waals surface area contributed by atoms with Crippen LogP contribution in [0.2, 0.25) is 5.02 Å². The second-order valence-corrected chi connectivity index (χ2v) is 30.3. The molecule has 4 atom stereocenters. The molecule has 94 heavy (non-hydrogen) atoms. The molecule has 2 aliphatic rings. The van der Waals surface area contributed by atoms with Gasteiger partial charge in [-0.1, -0.05) is 43.6 Å². The normalized spacial score (nSPS) is 16.5. The van der Waals surface area contributed by atoms with Crippen LogP contribution in [0.4, 0.5) is 49.7 Å². The van der Waals surface area contributed by atoms with Crippen molar-refractivity contribution in [2.24, 2.45) is 11.7 Å². The van der Waals surface area contributed by atoms with E-state index in [0.717, 1.165) is 36.6 Å². The van der Waals surface area contributed by atoms with E-state index in [-0.39, 0.29) is 60.9 Å². The van der Waals surface area contributed by atoms with Gasteiger partial charge in [0.05, 0.1) is 51.5 Å². The molecule has 0 aliphatic heterocycles. The van der Waals surface area contributed by atoms with Gasteiger partial charge in [0.15, 0.2) is 21.3 Å². The number of benzene rings is 3. The van der Waals surface area contributed by atoms with Crippen LogP contribution in [0.3, 0.4) is 0 Å². The number of alkyl halides is 8. The summed E-state index contributed by atoms with van der Waals surface area (Å²) in [6.45, 7) is 2.98. The zero-order valence-corrected chi connectivity index (χ0v) is 53.7. The van der Waals surface area contributed by atoms with E-state index < -0.39 is 221 Å². The third-order valence-corrected chi connectivity index (χ3v) is 19.9. The van der Waals surface area contributed by atoms with E-state index >= 15 is 35.5 Å². The van der Waals surface area contributed by atoms with Gasteiger partial charge in [-0.3, -0.25) is 43.3 Å². The highest BCUT2D eigenvalue weighted by atomic mass is 35.5. The molecule has 1 unspecified atom stereocenters. The number of nitrogens with one attached hydrogen (secondary N) is 2. The Bertz CT molecular complexity index is 4370. The number of phosphoric acid groups is 1. The average molecular weight is 1410 g/mol. The van der Waals surface area contributed by atoms with Gasteiger partial charge in [-0.2, -0.15) is 49.6 Å². The Balaban J connectivity index is 1.32. The maximum absolute atomic E-state index is 15.8. The number of halogens is 11. The summed E-state index contributed by atoms with van der Waals surface area (Å²) in [4.78, 5) is 91.4. The van der Waals surface area contributed by atoms with Crippen molar-refractivity contribution in [3.63, 3.8) is 0 Å². The molecule has 0 saturated heterocycles. The number of carbonyl (C=O) groups excluding carboxylic acids is 4. The number of carboxylic acids is 1. The van der Waals surface area contributed by atoms with Crippen molar-refractivity contribution in [3.05, 3.63) is 122 Å². The number of nitrogens with two attached hydrogens (primary N) is 1. The van der Waals surface area contributed by atoms with E-state index in [1.807, 2.05) is 0 Å². The highest BCUT2D eigenvalue weighted by Gasteiger charge is 2.68. The summed E-state index contributed by atoms with van der Waals surface area (Å²) < 4.78 is 221. The molecule has 3 aromatic carbocycles. The molecule has 0 radical (unpaired) electrons. The van der Waals surface area contributed by atoms with E-state index in [4.69, 9.17) is 26.8 Å². The topological polar surface area (TPSA) is 342 Å². The number of pyridine rings is 1. The van der Waals surface area contributed by atoms with Crippen LogP contribution in [0.15, 0.2) is 54.6 Å². The number of aryl methyl sites for hydroxylation is 2. The maximum atomic E-state index is 15.8. The summed E-state index contributed by atoms with van der Waals surface area (Å²) in [5, 5.41) is 20.3. The van der Waals surface area contributed by atoms with Crippen molar-refractivity contribution in [2.75, 3.05) is 16.8 Å². The number of aromatic nitrogens is 5. The minimum absolute atomic E-state index is 0.0378. The number of amides is 4. The summed E-state index contributed by atoms with van der Waals surface area (Å²) in [7, 11) is -14.6. The van der Waals surface area contributed by atoms with Gasteiger partial charge in [-0.25, -0.2) is 35.0 Å². The van der Waals surface area contributed by atoms with E-state index in [0.29, 0.717) is 12.3 Å². The monoisotopic (exact) mass is 1410 g/mol. The second kappa shape index (κ2) is 25.4. The Hall–Kier alpha value is -7.72. The number of nitrogens with zero attached hydrogens (tertiary/aromatic N) is 6. The van der Waals surface area contributed by atoms with Gasteiger partial charge < -0.3 is 26.0 Å². The number of phosphoric ester groups is 1. The minimum Gasteiger partial charge on any atom is -0.480 e. The van der Waals surface area contributed by atoms with Gasteiger partial charge in [0.2, 0.25) is 33.7 Å². The second-order valence-electron chi connectivity index (χ2n) is 24.3. The van der Waals surface area contributed by atoms with Crippen LogP contribution in [-0.2, 0) is 98.3 Å². The number of carboxylic acid groups (broad SMARTS) is 1. The fourth-order valence-electron chi connectivity index (χ4n) is 11.6. The van der Waals surface area contributed by atoms with Gasteiger partial charge in [0, 0.05) is 58.0 Å². The maximum Gasteiger partial charge on any atom is 0.524 e. The lowest BCUT2D eigenvalue weighted by atomic mass is 9.77. The Morgan fingerprint density at radius 1 is 0.894 bits per heavy atom. The first-order valence-corrected chi connectivity index (χ1v) is 33.6. The largest absolute Gasteiger partial charge is 0.524 e. The molecular weight excluding hydrogens is 1360 g/mol. The molecule has 23 nitrogen and oxygen atoms in total. The molecular formula is C57H59ClF10N9O14PS2. The molecule has 3 aromatic heterocycles. The van der Waals surface area contributed by atoms with Gasteiger partial charge in [-0.15, -0.1) is 0 Å². The Morgan fingerprint density at radius 3 is 2.09 bits per heavy atom. The van der Waals surface area contributed by atoms with Crippen LogP contribution in [0.25, 0.3) is 22.0 Å². The molecule has 0 bridgehead atoms.